The van der Waals surface area contributed by atoms with Crippen molar-refractivity contribution in [2.24, 2.45) is 11.8 Å². The number of ether oxygens (including phenoxy) is 6. The zero-order valence-electron chi connectivity index (χ0n) is 26.9. The first-order valence-corrected chi connectivity index (χ1v) is 15.8. The number of methoxy groups -OCH3 is 2. The number of esters is 1. The van der Waals surface area contributed by atoms with E-state index in [0.717, 1.165) is 17.2 Å². The summed E-state index contributed by atoms with van der Waals surface area (Å²) < 4.78 is 33.8. The molecule has 6 rings (SSSR count). The minimum absolute atomic E-state index is 0.0215. The van der Waals surface area contributed by atoms with Gasteiger partial charge in [0.25, 0.3) is 5.91 Å². The van der Waals surface area contributed by atoms with Crippen LogP contribution in [0.4, 0.5) is 0 Å². The minimum Gasteiger partial charge on any atom is -0.504 e. The summed E-state index contributed by atoms with van der Waals surface area (Å²) in [5, 5.41) is 51.6. The second-order valence-electron chi connectivity index (χ2n) is 12.2. The molecule has 4 aliphatic rings. The molecule has 1 amide bonds. The molecule has 0 saturated carbocycles. The van der Waals surface area contributed by atoms with Crippen LogP contribution in [0, 0.1) is 11.8 Å². The fraction of sp³-hybridized carbons (Fsp3) is 0.429. The van der Waals surface area contributed by atoms with Gasteiger partial charge in [-0.05, 0) is 59.9 Å². The van der Waals surface area contributed by atoms with Crippen molar-refractivity contribution >= 4 is 18.0 Å². The number of carbonyl (C=O) groups is 2. The van der Waals surface area contributed by atoms with Crippen LogP contribution in [0.3, 0.4) is 0 Å². The Morgan fingerprint density at radius 2 is 1.82 bits per heavy atom. The summed E-state index contributed by atoms with van der Waals surface area (Å²) in [5.74, 6) is -1.72. The van der Waals surface area contributed by atoms with Gasteiger partial charge < -0.3 is 58.9 Å². The standard InChI is InChI=1S/C35H39NO13/c1-4-19-21-13-23-20-14-27(45-3)25(39)12-18(20)9-10-36(23)33(43)22(21)16-46-34(19)49-35-32(31(42)30(41)28(15-37)47-35)48-29(40)8-6-17-5-7-24(38)26(11-17)44-2/h4-8,11-12,14,16,19,21,23,28,30-32,34-35,37-39,41-42H,1,9-10,13,15H2,2-3H3. The van der Waals surface area contributed by atoms with Gasteiger partial charge in [0.1, 0.15) is 18.3 Å². The Kier molecular flexibility index (Phi) is 9.86. The number of fused-ring (bicyclic) bond motifs is 4. The average Bonchev–Trinajstić information content (AvgIpc) is 3.10. The molecule has 2 fully saturated rings. The molecule has 49 heavy (non-hydrogen) atoms. The Hall–Kier alpha value is -4.60. The lowest BCUT2D eigenvalue weighted by atomic mass is 9.73. The Morgan fingerprint density at radius 3 is 2.53 bits per heavy atom. The Morgan fingerprint density at radius 1 is 1.06 bits per heavy atom. The Labute approximate surface area is 282 Å². The second-order valence-corrected chi connectivity index (χ2v) is 12.2. The van der Waals surface area contributed by atoms with E-state index in [9.17, 15) is 35.1 Å². The van der Waals surface area contributed by atoms with E-state index >= 15 is 0 Å². The molecule has 0 radical (unpaired) electrons. The van der Waals surface area contributed by atoms with Gasteiger partial charge in [-0.15, -0.1) is 6.58 Å². The van der Waals surface area contributed by atoms with Crippen molar-refractivity contribution in [2.75, 3.05) is 27.4 Å². The molecule has 2 saturated heterocycles. The van der Waals surface area contributed by atoms with Gasteiger partial charge in [0, 0.05) is 24.5 Å². The quantitative estimate of drug-likeness (QED) is 0.146. The number of amides is 1. The third-order valence-corrected chi connectivity index (χ3v) is 9.52. The number of aliphatic hydroxyl groups excluding tert-OH is 3. The van der Waals surface area contributed by atoms with Gasteiger partial charge in [-0.1, -0.05) is 12.1 Å². The zero-order valence-corrected chi connectivity index (χ0v) is 26.9. The maximum absolute atomic E-state index is 13.8. The summed E-state index contributed by atoms with van der Waals surface area (Å²) in [6.07, 6.45) is -2.36. The minimum atomic E-state index is -1.71. The summed E-state index contributed by atoms with van der Waals surface area (Å²) in [7, 11) is 2.84. The van der Waals surface area contributed by atoms with Crippen molar-refractivity contribution in [3.63, 3.8) is 0 Å². The first kappa shape index (κ1) is 34.3. The summed E-state index contributed by atoms with van der Waals surface area (Å²) in [4.78, 5) is 28.5. The van der Waals surface area contributed by atoms with Crippen LogP contribution in [0.5, 0.6) is 23.0 Å². The van der Waals surface area contributed by atoms with Crippen LogP contribution in [0.1, 0.15) is 29.2 Å². The molecule has 262 valence electrons. The summed E-state index contributed by atoms with van der Waals surface area (Å²) in [5.41, 5.74) is 2.71. The highest BCUT2D eigenvalue weighted by Gasteiger charge is 2.52. The van der Waals surface area contributed by atoms with E-state index in [2.05, 4.69) is 6.58 Å². The molecule has 4 aliphatic heterocycles. The van der Waals surface area contributed by atoms with E-state index in [1.165, 1.54) is 38.7 Å². The van der Waals surface area contributed by atoms with Crippen LogP contribution in [-0.2, 0) is 35.0 Å². The van der Waals surface area contributed by atoms with Crippen LogP contribution >= 0.6 is 0 Å². The number of rotatable bonds is 9. The largest absolute Gasteiger partial charge is 0.504 e. The van der Waals surface area contributed by atoms with Crippen molar-refractivity contribution in [3.8, 4) is 23.0 Å². The van der Waals surface area contributed by atoms with Gasteiger partial charge in [0.05, 0.1) is 38.7 Å². The highest BCUT2D eigenvalue weighted by Crippen LogP contribution is 2.49. The molecule has 0 bridgehead atoms. The molecule has 2 aromatic rings. The molecule has 14 heteroatoms. The summed E-state index contributed by atoms with van der Waals surface area (Å²) in [6, 6.07) is 7.52. The molecule has 9 atom stereocenters. The number of hydrogen-bond donors (Lipinski definition) is 5. The molecule has 9 unspecified atom stereocenters. The number of benzene rings is 2. The number of carbonyl (C=O) groups excluding carboxylic acids is 2. The monoisotopic (exact) mass is 681 g/mol. The van der Waals surface area contributed by atoms with Gasteiger partial charge >= 0.3 is 5.97 Å². The smallest absolute Gasteiger partial charge is 0.331 e. The van der Waals surface area contributed by atoms with Gasteiger partial charge in [0.2, 0.25) is 12.6 Å². The second kappa shape index (κ2) is 14.1. The van der Waals surface area contributed by atoms with Crippen molar-refractivity contribution < 1.29 is 63.5 Å². The predicted molar refractivity (Wildman–Crippen MR) is 170 cm³/mol. The molecule has 2 aromatic carbocycles. The molecular weight excluding hydrogens is 642 g/mol. The van der Waals surface area contributed by atoms with Crippen molar-refractivity contribution in [3.05, 3.63) is 77.6 Å². The first-order valence-electron chi connectivity index (χ1n) is 15.8. The van der Waals surface area contributed by atoms with E-state index in [-0.39, 0.29) is 29.2 Å². The normalized spacial score (nSPS) is 30.7. The van der Waals surface area contributed by atoms with Crippen LogP contribution in [0.15, 0.2) is 60.9 Å². The maximum Gasteiger partial charge on any atom is 0.331 e. The van der Waals surface area contributed by atoms with E-state index in [1.54, 1.807) is 29.2 Å². The molecule has 0 aliphatic carbocycles. The SMILES string of the molecule is C=CC1C(OC2OC(CO)C(O)C(O)C2OC(=O)C=Cc2ccc(O)c(OC)c2)OC=C2C(=O)N3CCc4cc(O)c(OC)cc4C3CC21. The number of nitrogens with zero attached hydrogens (tertiary/aromatic N) is 1. The van der Waals surface area contributed by atoms with Gasteiger partial charge in [-0.3, -0.25) is 4.79 Å². The summed E-state index contributed by atoms with van der Waals surface area (Å²) >= 11 is 0. The topological polar surface area (TPSA) is 194 Å². The predicted octanol–water partition coefficient (Wildman–Crippen LogP) is 1.68. The lowest BCUT2D eigenvalue weighted by Crippen LogP contribution is -2.61. The van der Waals surface area contributed by atoms with E-state index < -0.39 is 61.4 Å². The fourth-order valence-electron chi connectivity index (χ4n) is 6.95. The third kappa shape index (κ3) is 6.45. The van der Waals surface area contributed by atoms with Crippen LogP contribution in [0.25, 0.3) is 6.08 Å². The molecule has 5 N–H and O–H groups in total. The average molecular weight is 682 g/mol. The number of aromatic hydroxyl groups is 2. The molecule has 0 spiro atoms. The molecule has 14 nitrogen and oxygen atoms in total. The number of piperidine rings is 1. The first-order chi connectivity index (χ1) is 23.6. The van der Waals surface area contributed by atoms with Gasteiger partial charge in [0.15, 0.2) is 29.1 Å². The lowest BCUT2D eigenvalue weighted by molar-refractivity contribution is -0.340. The number of hydrogen-bond acceptors (Lipinski definition) is 13. The van der Waals surface area contributed by atoms with Crippen LogP contribution in [-0.4, -0.2) is 107 Å². The lowest BCUT2D eigenvalue weighted by Gasteiger charge is -2.49. The highest BCUT2D eigenvalue weighted by atomic mass is 16.8. The third-order valence-electron chi connectivity index (χ3n) is 9.52. The highest BCUT2D eigenvalue weighted by molar-refractivity contribution is 5.95. The van der Waals surface area contributed by atoms with Crippen LogP contribution in [0.2, 0.25) is 0 Å². The fourth-order valence-corrected chi connectivity index (χ4v) is 6.95. The maximum atomic E-state index is 13.8. The number of phenolic OH excluding ortho intramolecular Hbond substituents is 2. The van der Waals surface area contributed by atoms with E-state index in [4.69, 9.17) is 28.4 Å². The molecular formula is C35H39NO13. The van der Waals surface area contributed by atoms with E-state index in [0.29, 0.717) is 36.3 Å². The van der Waals surface area contributed by atoms with Crippen molar-refractivity contribution in [1.82, 2.24) is 4.90 Å². The molecule has 0 aromatic heterocycles. The zero-order chi connectivity index (χ0) is 35.0. The van der Waals surface area contributed by atoms with Gasteiger partial charge in [-0.2, -0.15) is 0 Å². The Bertz CT molecular complexity index is 1660. The number of phenols is 2. The van der Waals surface area contributed by atoms with Gasteiger partial charge in [-0.25, -0.2) is 4.79 Å². The molecule has 4 heterocycles. The van der Waals surface area contributed by atoms with Crippen LogP contribution < -0.4 is 9.47 Å². The number of aliphatic hydroxyl groups is 3. The summed E-state index contributed by atoms with van der Waals surface area (Å²) in [6.45, 7) is 3.75. The van der Waals surface area contributed by atoms with Crippen molar-refractivity contribution in [2.45, 2.75) is 55.9 Å². The van der Waals surface area contributed by atoms with Crippen molar-refractivity contribution in [1.29, 1.82) is 0 Å². The van der Waals surface area contributed by atoms with E-state index in [1.807, 2.05) is 0 Å². The Balaban J connectivity index is 1.23.